The van der Waals surface area contributed by atoms with E-state index in [0.29, 0.717) is 25.7 Å². The molecule has 0 aliphatic carbocycles. The van der Waals surface area contributed by atoms with E-state index in [1.54, 1.807) is 0 Å². The topological polar surface area (TPSA) is 74.6 Å². The molecule has 0 amide bonds. The molecular formula is C42H66O4. The Morgan fingerprint density at radius 1 is 0.435 bits per heavy atom. The van der Waals surface area contributed by atoms with Crippen molar-refractivity contribution in [2.45, 2.75) is 148 Å². The smallest absolute Gasteiger partial charge is 0.204 e. The lowest BCUT2D eigenvalue weighted by Crippen LogP contribution is -2.49. The Labute approximate surface area is 282 Å². The Hall–Kier alpha value is -2.82. The van der Waals surface area contributed by atoms with Crippen LogP contribution in [-0.4, -0.2) is 34.0 Å². The number of hydrogen-bond donors (Lipinski definition) is 2. The SMILES string of the molecule is CCCCC/C=C\C/C=C\C/C=C\C/C=C\CCCC(=O)C(O)(CO)C(=O)CCC/C=C\C/C=C\C/C=C\C/C=C\CCCCC. The predicted molar refractivity (Wildman–Crippen MR) is 199 cm³/mol. The molecule has 4 heteroatoms. The Balaban J connectivity index is 4.03. The second kappa shape index (κ2) is 33.5. The van der Waals surface area contributed by atoms with E-state index in [0.717, 1.165) is 38.5 Å². The van der Waals surface area contributed by atoms with Crippen molar-refractivity contribution in [1.29, 1.82) is 0 Å². The molecule has 0 unspecified atom stereocenters. The van der Waals surface area contributed by atoms with Crippen LogP contribution in [0.15, 0.2) is 97.2 Å². The van der Waals surface area contributed by atoms with Crippen molar-refractivity contribution in [3.8, 4) is 0 Å². The van der Waals surface area contributed by atoms with E-state index in [9.17, 15) is 19.8 Å². The molecule has 0 aromatic rings. The first kappa shape index (κ1) is 43.2. The number of unbranched alkanes of at least 4 members (excludes halogenated alkanes) is 8. The van der Waals surface area contributed by atoms with Gasteiger partial charge in [0.2, 0.25) is 5.60 Å². The highest BCUT2D eigenvalue weighted by atomic mass is 16.3. The molecule has 0 bridgehead atoms. The fourth-order valence-electron chi connectivity index (χ4n) is 4.63. The summed E-state index contributed by atoms with van der Waals surface area (Å²) in [6, 6.07) is 0. The second-order valence-electron chi connectivity index (χ2n) is 11.8. The number of carbonyl (C=O) groups excluding carboxylic acids is 2. The van der Waals surface area contributed by atoms with Gasteiger partial charge in [-0.2, -0.15) is 0 Å². The van der Waals surface area contributed by atoms with E-state index in [1.165, 1.54) is 51.4 Å². The summed E-state index contributed by atoms with van der Waals surface area (Å²) >= 11 is 0. The zero-order chi connectivity index (χ0) is 33.8. The van der Waals surface area contributed by atoms with Gasteiger partial charge in [-0.1, -0.05) is 137 Å². The number of aliphatic hydroxyl groups excluding tert-OH is 1. The lowest BCUT2D eigenvalue weighted by molar-refractivity contribution is -0.155. The van der Waals surface area contributed by atoms with Crippen LogP contribution in [0.1, 0.15) is 142 Å². The number of ketones is 2. The van der Waals surface area contributed by atoms with Gasteiger partial charge in [-0.25, -0.2) is 0 Å². The predicted octanol–water partition coefficient (Wildman–Crippen LogP) is 11.1. The first-order chi connectivity index (χ1) is 22.5. The van der Waals surface area contributed by atoms with E-state index in [2.05, 4.69) is 98.9 Å². The summed E-state index contributed by atoms with van der Waals surface area (Å²) < 4.78 is 0. The highest BCUT2D eigenvalue weighted by Crippen LogP contribution is 2.17. The van der Waals surface area contributed by atoms with E-state index in [-0.39, 0.29) is 12.8 Å². The van der Waals surface area contributed by atoms with Gasteiger partial charge >= 0.3 is 0 Å². The van der Waals surface area contributed by atoms with Gasteiger partial charge in [0, 0.05) is 12.8 Å². The summed E-state index contributed by atoms with van der Waals surface area (Å²) in [7, 11) is 0. The van der Waals surface area contributed by atoms with Gasteiger partial charge in [0.05, 0.1) is 6.61 Å². The van der Waals surface area contributed by atoms with Crippen molar-refractivity contribution in [2.24, 2.45) is 0 Å². The Kier molecular flexibility index (Phi) is 31.5. The molecule has 0 fully saturated rings. The van der Waals surface area contributed by atoms with E-state index in [1.807, 2.05) is 12.2 Å². The third-order valence-corrected chi connectivity index (χ3v) is 7.62. The first-order valence-corrected chi connectivity index (χ1v) is 18.1. The Morgan fingerprint density at radius 3 is 0.957 bits per heavy atom. The van der Waals surface area contributed by atoms with Gasteiger partial charge < -0.3 is 10.2 Å². The molecule has 0 radical (unpaired) electrons. The number of hydrogen-bond acceptors (Lipinski definition) is 4. The van der Waals surface area contributed by atoms with Crippen LogP contribution in [0.5, 0.6) is 0 Å². The highest BCUT2D eigenvalue weighted by Gasteiger charge is 2.41. The average molecular weight is 635 g/mol. The largest absolute Gasteiger partial charge is 0.392 e. The van der Waals surface area contributed by atoms with Crippen molar-refractivity contribution in [3.63, 3.8) is 0 Å². The molecule has 258 valence electrons. The lowest BCUT2D eigenvalue weighted by Gasteiger charge is -2.22. The molecule has 46 heavy (non-hydrogen) atoms. The van der Waals surface area contributed by atoms with Gasteiger partial charge in [0.25, 0.3) is 0 Å². The zero-order valence-electron chi connectivity index (χ0n) is 29.3. The van der Waals surface area contributed by atoms with Gasteiger partial charge in [0.1, 0.15) is 0 Å². The quantitative estimate of drug-likeness (QED) is 0.0452. The monoisotopic (exact) mass is 634 g/mol. The number of aliphatic hydroxyl groups is 2. The molecule has 0 aliphatic heterocycles. The van der Waals surface area contributed by atoms with Crippen LogP contribution in [0.3, 0.4) is 0 Å². The van der Waals surface area contributed by atoms with Gasteiger partial charge in [-0.3, -0.25) is 9.59 Å². The van der Waals surface area contributed by atoms with E-state index in [4.69, 9.17) is 0 Å². The zero-order valence-corrected chi connectivity index (χ0v) is 29.3. The fraction of sp³-hybridized carbons (Fsp3) is 0.571. The summed E-state index contributed by atoms with van der Waals surface area (Å²) in [4.78, 5) is 25.1. The van der Waals surface area contributed by atoms with E-state index >= 15 is 0 Å². The van der Waals surface area contributed by atoms with Crippen LogP contribution in [0.2, 0.25) is 0 Å². The van der Waals surface area contributed by atoms with Crippen LogP contribution in [0.25, 0.3) is 0 Å². The molecule has 0 saturated carbocycles. The van der Waals surface area contributed by atoms with Crippen molar-refractivity contribution < 1.29 is 19.8 Å². The molecule has 0 heterocycles. The van der Waals surface area contributed by atoms with Crippen molar-refractivity contribution in [2.75, 3.05) is 6.61 Å². The summed E-state index contributed by atoms with van der Waals surface area (Å²) in [6.07, 6.45) is 52.5. The summed E-state index contributed by atoms with van der Waals surface area (Å²) in [5.41, 5.74) is -2.28. The molecule has 0 saturated heterocycles. The minimum atomic E-state index is -2.28. The van der Waals surface area contributed by atoms with Gasteiger partial charge in [-0.15, -0.1) is 0 Å². The molecule has 0 atom stereocenters. The summed E-state index contributed by atoms with van der Waals surface area (Å²) in [5, 5.41) is 20.3. The van der Waals surface area contributed by atoms with Gasteiger partial charge in [-0.05, 0) is 89.9 Å². The summed E-state index contributed by atoms with van der Waals surface area (Å²) in [5.74, 6) is -1.18. The van der Waals surface area contributed by atoms with E-state index < -0.39 is 23.8 Å². The van der Waals surface area contributed by atoms with Crippen molar-refractivity contribution in [3.05, 3.63) is 97.2 Å². The fourth-order valence-corrected chi connectivity index (χ4v) is 4.63. The first-order valence-electron chi connectivity index (χ1n) is 18.1. The van der Waals surface area contributed by atoms with Gasteiger partial charge in [0.15, 0.2) is 11.6 Å². The second-order valence-corrected chi connectivity index (χ2v) is 11.8. The Morgan fingerprint density at radius 2 is 0.696 bits per heavy atom. The minimum absolute atomic E-state index is 0.0675. The maximum Gasteiger partial charge on any atom is 0.204 e. The molecule has 0 aromatic heterocycles. The van der Waals surface area contributed by atoms with Crippen LogP contribution < -0.4 is 0 Å². The molecule has 4 nitrogen and oxygen atoms in total. The molecular weight excluding hydrogens is 568 g/mol. The third kappa shape index (κ3) is 26.4. The highest BCUT2D eigenvalue weighted by molar-refractivity contribution is 6.10. The lowest BCUT2D eigenvalue weighted by atomic mass is 9.88. The van der Waals surface area contributed by atoms with Crippen LogP contribution in [-0.2, 0) is 9.59 Å². The normalized spacial score (nSPS) is 13.2. The molecule has 0 aromatic carbocycles. The van der Waals surface area contributed by atoms with Crippen molar-refractivity contribution >= 4 is 11.6 Å². The maximum atomic E-state index is 12.6. The summed E-state index contributed by atoms with van der Waals surface area (Å²) in [6.45, 7) is 3.59. The Bertz CT molecular complexity index is 900. The number of allylic oxidation sites excluding steroid dienone is 16. The number of rotatable bonds is 31. The maximum absolute atomic E-state index is 12.6. The van der Waals surface area contributed by atoms with Crippen molar-refractivity contribution in [1.82, 2.24) is 0 Å². The molecule has 0 spiro atoms. The number of Topliss-reactive ketones (excluding diaryl/α,β-unsaturated/α-hetero) is 2. The molecule has 0 aliphatic rings. The molecule has 0 rings (SSSR count). The standard InChI is InChI=1S/C42H66O4/c1-3-5-7-9-11-13-15-17-19-21-23-25-27-29-31-33-35-37-40(44)42(46,39-43)41(45)38-36-34-32-30-28-26-24-22-20-18-16-14-12-10-8-6-4-2/h11-14,17-20,23-26,29-32,43,46H,3-10,15-16,21-22,27-28,33-39H2,1-2H3/b13-11-,14-12-,19-17-,20-18-,25-23-,26-24-,31-29-,32-30-. The average Bonchev–Trinajstić information content (AvgIpc) is 3.06. The third-order valence-electron chi connectivity index (χ3n) is 7.62. The minimum Gasteiger partial charge on any atom is -0.392 e. The van der Waals surface area contributed by atoms with Crippen LogP contribution >= 0.6 is 0 Å². The van der Waals surface area contributed by atoms with Crippen LogP contribution in [0, 0.1) is 0 Å². The van der Waals surface area contributed by atoms with Crippen LogP contribution in [0.4, 0.5) is 0 Å². The molecule has 2 N–H and O–H groups in total. The number of carbonyl (C=O) groups is 2.